The SMILES string of the molecule is O=C1NCCCCC1C(=O)c1ccccc1. The summed E-state index contributed by atoms with van der Waals surface area (Å²) in [5.74, 6) is -0.670. The van der Waals surface area contributed by atoms with E-state index in [4.69, 9.17) is 0 Å². The third kappa shape index (κ3) is 2.30. The maximum absolute atomic E-state index is 12.1. The van der Waals surface area contributed by atoms with Crippen molar-refractivity contribution >= 4 is 11.7 Å². The molecule has 1 unspecified atom stereocenters. The van der Waals surface area contributed by atoms with Gasteiger partial charge in [0.2, 0.25) is 5.91 Å². The summed E-state index contributed by atoms with van der Waals surface area (Å²) in [7, 11) is 0. The van der Waals surface area contributed by atoms with E-state index < -0.39 is 5.92 Å². The molecule has 1 fully saturated rings. The van der Waals surface area contributed by atoms with E-state index in [-0.39, 0.29) is 11.7 Å². The van der Waals surface area contributed by atoms with Gasteiger partial charge in [0.25, 0.3) is 0 Å². The van der Waals surface area contributed by atoms with Crippen LogP contribution in [0.25, 0.3) is 0 Å². The van der Waals surface area contributed by atoms with E-state index in [1.165, 1.54) is 0 Å². The zero-order valence-electron chi connectivity index (χ0n) is 9.11. The molecule has 0 aromatic heterocycles. The van der Waals surface area contributed by atoms with E-state index >= 15 is 0 Å². The molecule has 1 aliphatic heterocycles. The van der Waals surface area contributed by atoms with Gasteiger partial charge in [-0.15, -0.1) is 0 Å². The van der Waals surface area contributed by atoms with Crippen LogP contribution in [0.1, 0.15) is 29.6 Å². The lowest BCUT2D eigenvalue weighted by Gasteiger charge is -2.11. The average Bonchev–Trinajstić information content (AvgIpc) is 2.54. The third-order valence-electron chi connectivity index (χ3n) is 2.91. The Bertz CT molecular complexity index is 386. The van der Waals surface area contributed by atoms with Crippen molar-refractivity contribution in [2.45, 2.75) is 19.3 Å². The number of rotatable bonds is 2. The number of carbonyl (C=O) groups is 2. The van der Waals surface area contributed by atoms with Crippen LogP contribution in [0.4, 0.5) is 0 Å². The Labute approximate surface area is 94.9 Å². The maximum atomic E-state index is 12.1. The highest BCUT2D eigenvalue weighted by Gasteiger charge is 2.28. The number of benzene rings is 1. The molecular weight excluding hydrogens is 202 g/mol. The zero-order valence-corrected chi connectivity index (χ0v) is 9.11. The summed E-state index contributed by atoms with van der Waals surface area (Å²) >= 11 is 0. The lowest BCUT2D eigenvalue weighted by atomic mass is 9.93. The molecular formula is C13H15NO2. The van der Waals surface area contributed by atoms with Crippen LogP contribution in [0, 0.1) is 5.92 Å². The van der Waals surface area contributed by atoms with Crippen molar-refractivity contribution in [1.29, 1.82) is 0 Å². The van der Waals surface area contributed by atoms with E-state index in [0.717, 1.165) is 12.8 Å². The molecule has 2 rings (SSSR count). The third-order valence-corrected chi connectivity index (χ3v) is 2.91. The van der Waals surface area contributed by atoms with E-state index in [2.05, 4.69) is 5.32 Å². The minimum Gasteiger partial charge on any atom is -0.355 e. The van der Waals surface area contributed by atoms with Crippen LogP contribution in [0.5, 0.6) is 0 Å². The Morgan fingerprint density at radius 2 is 1.94 bits per heavy atom. The van der Waals surface area contributed by atoms with E-state index in [1.54, 1.807) is 12.1 Å². The molecule has 0 aliphatic carbocycles. The monoisotopic (exact) mass is 217 g/mol. The topological polar surface area (TPSA) is 46.2 Å². The summed E-state index contributed by atoms with van der Waals surface area (Å²) < 4.78 is 0. The Morgan fingerprint density at radius 3 is 2.69 bits per heavy atom. The first kappa shape index (κ1) is 10.9. The van der Waals surface area contributed by atoms with Gasteiger partial charge < -0.3 is 5.32 Å². The van der Waals surface area contributed by atoms with Gasteiger partial charge in [-0.3, -0.25) is 9.59 Å². The highest BCUT2D eigenvalue weighted by atomic mass is 16.2. The summed E-state index contributed by atoms with van der Waals surface area (Å²) in [6.07, 6.45) is 2.56. The molecule has 1 aromatic rings. The van der Waals surface area contributed by atoms with Gasteiger partial charge in [0.15, 0.2) is 5.78 Å². The van der Waals surface area contributed by atoms with Crippen LogP contribution in [0.3, 0.4) is 0 Å². The van der Waals surface area contributed by atoms with E-state index in [1.807, 2.05) is 18.2 Å². The molecule has 0 bridgehead atoms. The summed E-state index contributed by atoms with van der Waals surface area (Å²) in [5, 5.41) is 2.79. The standard InChI is InChI=1S/C13H15NO2/c15-12(10-6-2-1-3-7-10)11-8-4-5-9-14-13(11)16/h1-3,6-7,11H,4-5,8-9H2,(H,14,16). The van der Waals surface area contributed by atoms with Crippen LogP contribution in [-0.2, 0) is 4.79 Å². The van der Waals surface area contributed by atoms with Crippen molar-refractivity contribution in [3.8, 4) is 0 Å². The molecule has 0 radical (unpaired) electrons. The van der Waals surface area contributed by atoms with Gasteiger partial charge in [-0.25, -0.2) is 0 Å². The second-order valence-corrected chi connectivity index (χ2v) is 4.07. The van der Waals surface area contributed by atoms with Gasteiger partial charge in [0.1, 0.15) is 5.92 Å². The van der Waals surface area contributed by atoms with E-state index in [9.17, 15) is 9.59 Å². The number of ketones is 1. The van der Waals surface area contributed by atoms with Gasteiger partial charge in [0.05, 0.1) is 0 Å². The molecule has 0 spiro atoms. The molecule has 1 saturated heterocycles. The van der Waals surface area contributed by atoms with Gasteiger partial charge in [-0.1, -0.05) is 36.8 Å². The van der Waals surface area contributed by atoms with Crippen LogP contribution in [-0.4, -0.2) is 18.2 Å². The summed E-state index contributed by atoms with van der Waals surface area (Å²) in [4.78, 5) is 23.8. The predicted octanol–water partition coefficient (Wildman–Crippen LogP) is 1.79. The lowest BCUT2D eigenvalue weighted by molar-refractivity contribution is -0.123. The number of carbonyl (C=O) groups excluding carboxylic acids is 2. The smallest absolute Gasteiger partial charge is 0.230 e. The number of amides is 1. The number of nitrogens with one attached hydrogen (secondary N) is 1. The summed E-state index contributed by atoms with van der Waals surface area (Å²) in [6, 6.07) is 9.04. The fourth-order valence-corrected chi connectivity index (χ4v) is 1.99. The number of hydrogen-bond acceptors (Lipinski definition) is 2. The Hall–Kier alpha value is -1.64. The highest BCUT2D eigenvalue weighted by Crippen LogP contribution is 2.17. The minimum absolute atomic E-state index is 0.0556. The van der Waals surface area contributed by atoms with Crippen molar-refractivity contribution < 1.29 is 9.59 Å². The molecule has 3 nitrogen and oxygen atoms in total. The molecule has 16 heavy (non-hydrogen) atoms. The van der Waals surface area contributed by atoms with Gasteiger partial charge >= 0.3 is 0 Å². The van der Waals surface area contributed by atoms with Crippen molar-refractivity contribution in [3.05, 3.63) is 35.9 Å². The molecule has 1 aromatic carbocycles. The molecule has 1 aliphatic rings. The van der Waals surface area contributed by atoms with Crippen LogP contribution in [0.15, 0.2) is 30.3 Å². The van der Waals surface area contributed by atoms with Gasteiger partial charge in [-0.05, 0) is 12.8 Å². The summed E-state index contributed by atoms with van der Waals surface area (Å²) in [6.45, 7) is 0.692. The molecule has 1 atom stereocenters. The number of Topliss-reactive ketones (excluding diaryl/α,β-unsaturated/α-hetero) is 1. The largest absolute Gasteiger partial charge is 0.355 e. The van der Waals surface area contributed by atoms with Crippen molar-refractivity contribution in [2.24, 2.45) is 5.92 Å². The molecule has 1 heterocycles. The number of hydrogen-bond donors (Lipinski definition) is 1. The molecule has 1 amide bonds. The van der Waals surface area contributed by atoms with E-state index in [0.29, 0.717) is 18.5 Å². The Kier molecular flexibility index (Phi) is 3.34. The van der Waals surface area contributed by atoms with Gasteiger partial charge in [0, 0.05) is 12.1 Å². The fourth-order valence-electron chi connectivity index (χ4n) is 1.99. The van der Waals surface area contributed by atoms with Crippen LogP contribution < -0.4 is 5.32 Å². The first-order valence-electron chi connectivity index (χ1n) is 5.66. The van der Waals surface area contributed by atoms with Crippen LogP contribution >= 0.6 is 0 Å². The Morgan fingerprint density at radius 1 is 1.19 bits per heavy atom. The van der Waals surface area contributed by atoms with Gasteiger partial charge in [-0.2, -0.15) is 0 Å². The molecule has 0 saturated carbocycles. The minimum atomic E-state index is -0.495. The molecule has 84 valence electrons. The average molecular weight is 217 g/mol. The second kappa shape index (κ2) is 4.92. The van der Waals surface area contributed by atoms with Crippen molar-refractivity contribution in [1.82, 2.24) is 5.32 Å². The van der Waals surface area contributed by atoms with Crippen LogP contribution in [0.2, 0.25) is 0 Å². The Balaban J connectivity index is 2.17. The first-order valence-corrected chi connectivity index (χ1v) is 5.66. The predicted molar refractivity (Wildman–Crippen MR) is 61.1 cm³/mol. The quantitative estimate of drug-likeness (QED) is 0.606. The highest BCUT2D eigenvalue weighted by molar-refractivity contribution is 6.10. The second-order valence-electron chi connectivity index (χ2n) is 4.07. The summed E-state index contributed by atoms with van der Waals surface area (Å²) in [5.41, 5.74) is 0.629. The fraction of sp³-hybridized carbons (Fsp3) is 0.385. The maximum Gasteiger partial charge on any atom is 0.230 e. The van der Waals surface area contributed by atoms with Crippen molar-refractivity contribution in [3.63, 3.8) is 0 Å². The normalized spacial score (nSPS) is 21.0. The lowest BCUT2D eigenvalue weighted by Crippen LogP contribution is -2.33. The zero-order chi connectivity index (χ0) is 11.4. The first-order chi connectivity index (χ1) is 7.79. The molecule has 3 heteroatoms. The van der Waals surface area contributed by atoms with Crippen molar-refractivity contribution in [2.75, 3.05) is 6.54 Å². The molecule has 1 N–H and O–H groups in total.